The van der Waals surface area contributed by atoms with E-state index < -0.39 is 0 Å². The molecule has 0 aliphatic heterocycles. The molecule has 0 saturated heterocycles. The summed E-state index contributed by atoms with van der Waals surface area (Å²) in [7, 11) is 0. The SMILES string of the molecule is C=CCn1ncc(NCC(C)(C)CCCO)c(Cl)c1=O. The lowest BCUT2D eigenvalue weighted by Crippen LogP contribution is -2.27. The van der Waals surface area contributed by atoms with Gasteiger partial charge in [0, 0.05) is 13.2 Å². The van der Waals surface area contributed by atoms with Crippen LogP contribution >= 0.6 is 11.6 Å². The molecule has 1 heterocycles. The molecule has 0 bridgehead atoms. The van der Waals surface area contributed by atoms with E-state index in [1.807, 2.05) is 0 Å². The first-order valence-corrected chi connectivity index (χ1v) is 7.00. The third-order valence-electron chi connectivity index (χ3n) is 3.06. The number of anilines is 1. The van der Waals surface area contributed by atoms with Gasteiger partial charge in [0.15, 0.2) is 0 Å². The standard InChI is InChI=1S/C14H22ClN3O2/c1-4-7-18-13(20)12(15)11(9-17-18)16-10-14(2,3)6-5-8-19/h4,9,16,19H,1,5-8,10H2,2-3H3. The molecule has 0 unspecified atom stereocenters. The topological polar surface area (TPSA) is 67.2 Å². The lowest BCUT2D eigenvalue weighted by atomic mass is 9.88. The summed E-state index contributed by atoms with van der Waals surface area (Å²) >= 11 is 6.06. The number of nitrogens with one attached hydrogen (secondary N) is 1. The van der Waals surface area contributed by atoms with Gasteiger partial charge >= 0.3 is 0 Å². The summed E-state index contributed by atoms with van der Waals surface area (Å²) in [6, 6.07) is 0. The van der Waals surface area contributed by atoms with E-state index >= 15 is 0 Å². The summed E-state index contributed by atoms with van der Waals surface area (Å²) in [5.41, 5.74) is 0.209. The fourth-order valence-electron chi connectivity index (χ4n) is 1.82. The molecule has 0 atom stereocenters. The van der Waals surface area contributed by atoms with E-state index in [0.29, 0.717) is 18.8 Å². The van der Waals surface area contributed by atoms with Crippen molar-refractivity contribution in [1.82, 2.24) is 9.78 Å². The van der Waals surface area contributed by atoms with Crippen molar-refractivity contribution in [2.75, 3.05) is 18.5 Å². The molecule has 112 valence electrons. The van der Waals surface area contributed by atoms with Crippen molar-refractivity contribution < 1.29 is 5.11 Å². The Morgan fingerprint density at radius 2 is 2.30 bits per heavy atom. The minimum atomic E-state index is -0.329. The molecule has 1 aromatic rings. The fraction of sp³-hybridized carbons (Fsp3) is 0.571. The van der Waals surface area contributed by atoms with E-state index in [-0.39, 0.29) is 22.6 Å². The quantitative estimate of drug-likeness (QED) is 0.723. The molecular formula is C14H22ClN3O2. The Hall–Kier alpha value is -1.33. The Bertz CT molecular complexity index is 512. The van der Waals surface area contributed by atoms with Crippen LogP contribution in [0.1, 0.15) is 26.7 Å². The van der Waals surface area contributed by atoms with Gasteiger partial charge < -0.3 is 10.4 Å². The highest BCUT2D eigenvalue weighted by Crippen LogP contribution is 2.24. The van der Waals surface area contributed by atoms with Gasteiger partial charge in [0.2, 0.25) is 0 Å². The van der Waals surface area contributed by atoms with Crippen LogP contribution in [0.25, 0.3) is 0 Å². The first-order chi connectivity index (χ1) is 9.41. The average Bonchev–Trinajstić information content (AvgIpc) is 2.41. The largest absolute Gasteiger partial charge is 0.396 e. The maximum absolute atomic E-state index is 11.9. The number of allylic oxidation sites excluding steroid dienone is 1. The molecule has 6 heteroatoms. The second-order valence-corrected chi connectivity index (χ2v) is 5.87. The Labute approximate surface area is 124 Å². The van der Waals surface area contributed by atoms with Crippen molar-refractivity contribution in [2.45, 2.75) is 33.2 Å². The number of aromatic nitrogens is 2. The molecular weight excluding hydrogens is 278 g/mol. The zero-order chi connectivity index (χ0) is 15.2. The van der Waals surface area contributed by atoms with Crippen LogP contribution in [-0.2, 0) is 6.54 Å². The monoisotopic (exact) mass is 299 g/mol. The van der Waals surface area contributed by atoms with Gasteiger partial charge in [-0.25, -0.2) is 4.68 Å². The molecule has 0 aliphatic rings. The van der Waals surface area contributed by atoms with Crippen LogP contribution in [0.5, 0.6) is 0 Å². The molecule has 20 heavy (non-hydrogen) atoms. The summed E-state index contributed by atoms with van der Waals surface area (Å²) in [5.74, 6) is 0. The van der Waals surface area contributed by atoms with Crippen molar-refractivity contribution in [2.24, 2.45) is 5.41 Å². The van der Waals surface area contributed by atoms with Gasteiger partial charge in [-0.1, -0.05) is 31.5 Å². The number of hydrogen-bond acceptors (Lipinski definition) is 4. The molecule has 5 nitrogen and oxygen atoms in total. The predicted octanol–water partition coefficient (Wildman–Crippen LogP) is 2.29. The summed E-state index contributed by atoms with van der Waals surface area (Å²) in [4.78, 5) is 11.9. The number of nitrogens with zero attached hydrogens (tertiary/aromatic N) is 2. The molecule has 0 amide bonds. The molecule has 1 rings (SSSR count). The molecule has 0 fully saturated rings. The maximum Gasteiger partial charge on any atom is 0.287 e. The number of aliphatic hydroxyl groups is 1. The summed E-state index contributed by atoms with van der Waals surface area (Å²) < 4.78 is 1.26. The second kappa shape index (κ2) is 7.45. The van der Waals surface area contributed by atoms with Crippen LogP contribution in [-0.4, -0.2) is 28.0 Å². The first kappa shape index (κ1) is 16.7. The summed E-state index contributed by atoms with van der Waals surface area (Å²) in [5, 5.41) is 16.2. The van der Waals surface area contributed by atoms with Crippen LogP contribution in [0.15, 0.2) is 23.6 Å². The number of aliphatic hydroxyl groups excluding tert-OH is 1. The van der Waals surface area contributed by atoms with E-state index in [9.17, 15) is 4.79 Å². The van der Waals surface area contributed by atoms with E-state index in [4.69, 9.17) is 16.7 Å². The van der Waals surface area contributed by atoms with E-state index in [0.717, 1.165) is 12.8 Å². The van der Waals surface area contributed by atoms with E-state index in [1.54, 1.807) is 12.3 Å². The predicted molar refractivity (Wildman–Crippen MR) is 82.3 cm³/mol. The Morgan fingerprint density at radius 3 is 2.90 bits per heavy atom. The Kier molecular flexibility index (Phi) is 6.23. The van der Waals surface area contributed by atoms with Gasteiger partial charge in [-0.3, -0.25) is 4.79 Å². The van der Waals surface area contributed by atoms with Crippen molar-refractivity contribution in [3.8, 4) is 0 Å². The van der Waals surface area contributed by atoms with Crippen LogP contribution in [0.3, 0.4) is 0 Å². The molecule has 0 aliphatic carbocycles. The van der Waals surface area contributed by atoms with Gasteiger partial charge in [0.05, 0.1) is 18.4 Å². The molecule has 0 radical (unpaired) electrons. The smallest absolute Gasteiger partial charge is 0.287 e. The summed E-state index contributed by atoms with van der Waals surface area (Å²) in [6.45, 7) is 8.92. The van der Waals surface area contributed by atoms with Crippen molar-refractivity contribution in [3.05, 3.63) is 34.2 Å². The van der Waals surface area contributed by atoms with E-state index in [2.05, 4.69) is 30.8 Å². The molecule has 2 N–H and O–H groups in total. The molecule has 0 spiro atoms. The average molecular weight is 300 g/mol. The van der Waals surface area contributed by atoms with Gasteiger partial charge in [0.25, 0.3) is 5.56 Å². The number of halogens is 1. The minimum absolute atomic E-state index is 0.00202. The van der Waals surface area contributed by atoms with Crippen molar-refractivity contribution >= 4 is 17.3 Å². The minimum Gasteiger partial charge on any atom is -0.396 e. The second-order valence-electron chi connectivity index (χ2n) is 5.49. The maximum atomic E-state index is 11.9. The van der Waals surface area contributed by atoms with Gasteiger partial charge in [0.1, 0.15) is 5.02 Å². The summed E-state index contributed by atoms with van der Waals surface area (Å²) in [6.07, 6.45) is 4.78. The third-order valence-corrected chi connectivity index (χ3v) is 3.42. The van der Waals surface area contributed by atoms with Crippen LogP contribution in [0, 0.1) is 5.41 Å². The van der Waals surface area contributed by atoms with E-state index in [1.165, 1.54) is 4.68 Å². The molecule has 0 aromatic carbocycles. The van der Waals surface area contributed by atoms with Gasteiger partial charge in [-0.2, -0.15) is 5.10 Å². The third kappa shape index (κ3) is 4.65. The van der Waals surface area contributed by atoms with Gasteiger partial charge in [-0.15, -0.1) is 6.58 Å². The fourth-order valence-corrected chi connectivity index (χ4v) is 2.03. The number of hydrogen-bond donors (Lipinski definition) is 2. The van der Waals surface area contributed by atoms with Crippen LogP contribution < -0.4 is 10.9 Å². The first-order valence-electron chi connectivity index (χ1n) is 6.62. The van der Waals surface area contributed by atoms with Gasteiger partial charge in [-0.05, 0) is 18.3 Å². The number of rotatable bonds is 8. The Morgan fingerprint density at radius 1 is 1.60 bits per heavy atom. The zero-order valence-electron chi connectivity index (χ0n) is 12.0. The highest BCUT2D eigenvalue weighted by Gasteiger charge is 2.18. The molecule has 0 saturated carbocycles. The molecule has 1 aromatic heterocycles. The zero-order valence-corrected chi connectivity index (χ0v) is 12.8. The van der Waals surface area contributed by atoms with Crippen LogP contribution in [0.4, 0.5) is 5.69 Å². The lowest BCUT2D eigenvalue weighted by molar-refractivity contribution is 0.248. The highest BCUT2D eigenvalue weighted by atomic mass is 35.5. The normalized spacial score (nSPS) is 11.4. The van der Waals surface area contributed by atoms with Crippen molar-refractivity contribution in [3.63, 3.8) is 0 Å². The van der Waals surface area contributed by atoms with Crippen molar-refractivity contribution in [1.29, 1.82) is 0 Å². The Balaban J connectivity index is 2.76. The van der Waals surface area contributed by atoms with Crippen LogP contribution in [0.2, 0.25) is 5.02 Å². The lowest BCUT2D eigenvalue weighted by Gasteiger charge is -2.25. The highest BCUT2D eigenvalue weighted by molar-refractivity contribution is 6.32.